The van der Waals surface area contributed by atoms with Crippen LogP contribution >= 0.6 is 0 Å². The molecule has 1 heterocycles. The average Bonchev–Trinajstić information content (AvgIpc) is 3.40. The minimum absolute atomic E-state index is 0.0608. The molecule has 3 amide bonds. The summed E-state index contributed by atoms with van der Waals surface area (Å²) in [4.78, 5) is 39.8. The Kier molecular flexibility index (Phi) is 10.6. The molecule has 1 unspecified atom stereocenters. The number of carbonyl (C=O) groups excluding carboxylic acids is 3. The predicted molar refractivity (Wildman–Crippen MR) is 160 cm³/mol. The third-order valence-electron chi connectivity index (χ3n) is 7.78. The first-order valence-electron chi connectivity index (χ1n) is 14.5. The summed E-state index contributed by atoms with van der Waals surface area (Å²) in [5.41, 5.74) is 10.2. The van der Waals surface area contributed by atoms with Gasteiger partial charge in [-0.15, -0.1) is 0 Å². The molecule has 3 aromatic carbocycles. The fourth-order valence-corrected chi connectivity index (χ4v) is 5.63. The maximum absolute atomic E-state index is 14.0. The molecule has 5 N–H and O–H groups in total. The maximum Gasteiger partial charge on any atom is 0.225 e. The Morgan fingerprint density at radius 1 is 1.00 bits per heavy atom. The van der Waals surface area contributed by atoms with Crippen molar-refractivity contribution in [1.29, 1.82) is 0 Å². The van der Waals surface area contributed by atoms with Crippen molar-refractivity contribution < 1.29 is 28.3 Å². The first kappa shape index (κ1) is 31.8. The van der Waals surface area contributed by atoms with Gasteiger partial charge in [0.05, 0.1) is 23.8 Å². The van der Waals surface area contributed by atoms with Gasteiger partial charge in [-0.2, -0.15) is 0 Å². The van der Waals surface area contributed by atoms with Gasteiger partial charge in [-0.1, -0.05) is 49.4 Å². The van der Waals surface area contributed by atoms with Crippen molar-refractivity contribution in [3.63, 3.8) is 0 Å². The zero-order valence-electron chi connectivity index (χ0n) is 24.4. The van der Waals surface area contributed by atoms with Gasteiger partial charge in [0.25, 0.3) is 0 Å². The number of nitrogens with zero attached hydrogens (tertiary/aromatic N) is 1. The second kappa shape index (κ2) is 14.3. The number of fused-ring (bicyclic) bond motifs is 1. The molecule has 1 aliphatic heterocycles. The maximum atomic E-state index is 14.0. The Balaban J connectivity index is 1.51. The minimum atomic E-state index is -1.13. The number of nitrogens with two attached hydrogens (primary N) is 1. The highest BCUT2D eigenvalue weighted by atomic mass is 19.1. The molecule has 0 fully saturated rings. The number of para-hydroxylation sites is 1. The molecule has 0 saturated heterocycles. The van der Waals surface area contributed by atoms with Crippen LogP contribution in [0.25, 0.3) is 0 Å². The quantitative estimate of drug-likeness (QED) is 0.243. The number of benzene rings is 3. The molecule has 228 valence electrons. The summed E-state index contributed by atoms with van der Waals surface area (Å²) in [6.45, 7) is 4.51. The Labute approximate surface area is 250 Å². The molecule has 0 spiro atoms. The number of primary amides is 1. The monoisotopic (exact) mass is 592 g/mol. The molecule has 3 aromatic rings. The van der Waals surface area contributed by atoms with Crippen LogP contribution in [0.1, 0.15) is 54.0 Å². The molecule has 8 nitrogen and oxygen atoms in total. The lowest BCUT2D eigenvalue weighted by Crippen LogP contribution is -2.49. The number of amides is 3. The second-order valence-corrected chi connectivity index (χ2v) is 11.0. The van der Waals surface area contributed by atoms with E-state index in [1.807, 2.05) is 24.3 Å². The van der Waals surface area contributed by atoms with Crippen LogP contribution in [0.15, 0.2) is 60.7 Å². The van der Waals surface area contributed by atoms with Crippen LogP contribution in [-0.4, -0.2) is 48.1 Å². The Morgan fingerprint density at radius 3 is 2.37 bits per heavy atom. The van der Waals surface area contributed by atoms with Gasteiger partial charge in [-0.3, -0.25) is 14.4 Å². The van der Waals surface area contributed by atoms with Crippen molar-refractivity contribution >= 4 is 23.4 Å². The van der Waals surface area contributed by atoms with Gasteiger partial charge in [0.15, 0.2) is 0 Å². The van der Waals surface area contributed by atoms with E-state index < -0.39 is 41.5 Å². The number of halogens is 2. The number of nitrogens with one attached hydrogen (secondary N) is 2. The van der Waals surface area contributed by atoms with Crippen LogP contribution in [0.4, 0.5) is 14.5 Å². The number of anilines is 1. The van der Waals surface area contributed by atoms with E-state index in [1.165, 1.54) is 12.5 Å². The highest BCUT2D eigenvalue weighted by Crippen LogP contribution is 2.37. The van der Waals surface area contributed by atoms with Gasteiger partial charge >= 0.3 is 0 Å². The smallest absolute Gasteiger partial charge is 0.225 e. The summed E-state index contributed by atoms with van der Waals surface area (Å²) in [7, 11) is 0. The van der Waals surface area contributed by atoms with Gasteiger partial charge < -0.3 is 26.4 Å². The van der Waals surface area contributed by atoms with E-state index in [2.05, 4.69) is 23.6 Å². The molecule has 0 radical (unpaired) electrons. The van der Waals surface area contributed by atoms with Gasteiger partial charge in [-0.05, 0) is 59.2 Å². The molecular weight excluding hydrogens is 554 g/mol. The van der Waals surface area contributed by atoms with E-state index in [0.29, 0.717) is 30.8 Å². The van der Waals surface area contributed by atoms with Crippen LogP contribution in [0.5, 0.6) is 0 Å². The SMILES string of the molecule is CCc1cccc(CNC[C@@H](O)[C@H](Cc2cc(F)cc(F)c2)NC(=O)CC(C(N)=O)c2cccc3c2N(C(C)=O)CC3)c1. The van der Waals surface area contributed by atoms with Gasteiger partial charge in [0.1, 0.15) is 11.6 Å². The van der Waals surface area contributed by atoms with Crippen LogP contribution in [-0.2, 0) is 40.2 Å². The molecule has 10 heteroatoms. The molecule has 3 atom stereocenters. The van der Waals surface area contributed by atoms with Crippen molar-refractivity contribution in [2.45, 2.75) is 64.1 Å². The number of carbonyl (C=O) groups is 3. The topological polar surface area (TPSA) is 125 Å². The first-order chi connectivity index (χ1) is 20.5. The summed E-state index contributed by atoms with van der Waals surface area (Å²) in [6, 6.07) is 15.4. The van der Waals surface area contributed by atoms with Crippen molar-refractivity contribution in [3.8, 4) is 0 Å². The van der Waals surface area contributed by atoms with Crippen molar-refractivity contribution in [2.24, 2.45) is 5.73 Å². The van der Waals surface area contributed by atoms with Gasteiger partial charge in [0.2, 0.25) is 17.7 Å². The third kappa shape index (κ3) is 8.24. The molecule has 43 heavy (non-hydrogen) atoms. The Bertz CT molecular complexity index is 1460. The average molecular weight is 593 g/mol. The van der Waals surface area contributed by atoms with Gasteiger partial charge in [0, 0.05) is 39.0 Å². The third-order valence-corrected chi connectivity index (χ3v) is 7.78. The summed E-state index contributed by atoms with van der Waals surface area (Å²) in [5, 5.41) is 17.1. The number of aliphatic hydroxyl groups excluding tert-OH is 1. The number of aryl methyl sites for hydroxylation is 1. The van der Waals surface area contributed by atoms with Crippen molar-refractivity contribution in [2.75, 3.05) is 18.0 Å². The molecule has 0 aliphatic carbocycles. The van der Waals surface area contributed by atoms with Gasteiger partial charge in [-0.25, -0.2) is 8.78 Å². The zero-order valence-corrected chi connectivity index (χ0v) is 24.4. The van der Waals surface area contributed by atoms with Crippen molar-refractivity contribution in [1.82, 2.24) is 10.6 Å². The lowest BCUT2D eigenvalue weighted by molar-refractivity contribution is -0.127. The number of rotatable bonds is 13. The zero-order chi connectivity index (χ0) is 31.1. The lowest BCUT2D eigenvalue weighted by atomic mass is 9.91. The van der Waals surface area contributed by atoms with Crippen LogP contribution in [0.2, 0.25) is 0 Å². The highest BCUT2D eigenvalue weighted by molar-refractivity contribution is 5.97. The van der Waals surface area contributed by atoms with E-state index in [9.17, 15) is 28.3 Å². The largest absolute Gasteiger partial charge is 0.390 e. The van der Waals surface area contributed by atoms with Crippen LogP contribution in [0, 0.1) is 11.6 Å². The van der Waals surface area contributed by atoms with Crippen molar-refractivity contribution in [3.05, 3.63) is 100 Å². The Morgan fingerprint density at radius 2 is 1.70 bits per heavy atom. The van der Waals surface area contributed by atoms with E-state index in [1.54, 1.807) is 17.0 Å². The Hall–Kier alpha value is -4.15. The lowest BCUT2D eigenvalue weighted by Gasteiger charge is -2.27. The van der Waals surface area contributed by atoms with Crippen LogP contribution < -0.4 is 21.3 Å². The van der Waals surface area contributed by atoms with Crippen LogP contribution in [0.3, 0.4) is 0 Å². The molecule has 0 aromatic heterocycles. The number of aliphatic hydroxyl groups is 1. The minimum Gasteiger partial charge on any atom is -0.390 e. The number of hydrogen-bond donors (Lipinski definition) is 4. The number of hydrogen-bond acceptors (Lipinski definition) is 5. The molecular formula is C33H38F2N4O4. The summed E-state index contributed by atoms with van der Waals surface area (Å²) >= 11 is 0. The van der Waals surface area contributed by atoms with E-state index in [0.717, 1.165) is 35.7 Å². The molecule has 1 aliphatic rings. The van der Waals surface area contributed by atoms with E-state index >= 15 is 0 Å². The standard InChI is InChI=1S/C33H38F2N4O4/c1-3-21-6-4-7-22(12-21)18-37-19-30(41)29(15-23-13-25(34)16-26(35)14-23)38-31(42)17-28(33(36)43)27-9-5-8-24-10-11-39(20(2)40)32(24)27/h4-9,12-14,16,28-30,37,41H,3,10-11,15,17-19H2,1-2H3,(H2,36,43)(H,38,42)/t28?,29-,30+/m0/s1. The summed E-state index contributed by atoms with van der Waals surface area (Å²) in [6.07, 6.45) is -0.0239. The van der Waals surface area contributed by atoms with E-state index in [-0.39, 0.29) is 30.9 Å². The summed E-state index contributed by atoms with van der Waals surface area (Å²) < 4.78 is 27.9. The molecule has 0 bridgehead atoms. The van der Waals surface area contributed by atoms with E-state index in [4.69, 9.17) is 5.73 Å². The summed E-state index contributed by atoms with van der Waals surface area (Å²) in [5.74, 6) is -4.08. The first-order valence-corrected chi connectivity index (χ1v) is 14.5. The second-order valence-electron chi connectivity index (χ2n) is 11.0. The molecule has 4 rings (SSSR count). The normalized spacial score (nSPS) is 14.6. The fraction of sp³-hybridized carbons (Fsp3) is 0.364. The fourth-order valence-electron chi connectivity index (χ4n) is 5.63. The highest BCUT2D eigenvalue weighted by Gasteiger charge is 2.32. The molecule has 0 saturated carbocycles. The predicted octanol–water partition coefficient (Wildman–Crippen LogP) is 3.27.